The van der Waals surface area contributed by atoms with Crippen LogP contribution in [0.2, 0.25) is 0 Å². The molecule has 0 aliphatic heterocycles. The Labute approximate surface area is 147 Å². The van der Waals surface area contributed by atoms with E-state index in [0.717, 1.165) is 10.6 Å². The first-order chi connectivity index (χ1) is 12.1. The van der Waals surface area contributed by atoms with Crippen molar-refractivity contribution in [3.63, 3.8) is 0 Å². The number of aromatic nitrogens is 2. The molecule has 1 amide bonds. The Morgan fingerprint density at radius 3 is 2.68 bits per heavy atom. The van der Waals surface area contributed by atoms with Crippen molar-refractivity contribution in [1.29, 1.82) is 0 Å². The van der Waals surface area contributed by atoms with E-state index in [9.17, 15) is 9.18 Å². The fourth-order valence-electron chi connectivity index (χ4n) is 2.09. The third-order valence-electron chi connectivity index (χ3n) is 3.25. The SMILES string of the molecule is NC(=O)CSc1ccccc1NCc1nnc(-c2ccc(F)cc2)o1. The number of nitrogens with two attached hydrogens (primary N) is 1. The quantitative estimate of drug-likeness (QED) is 0.631. The highest BCUT2D eigenvalue weighted by Gasteiger charge is 2.10. The van der Waals surface area contributed by atoms with Crippen LogP contribution >= 0.6 is 11.8 Å². The van der Waals surface area contributed by atoms with E-state index in [0.29, 0.717) is 23.9 Å². The van der Waals surface area contributed by atoms with Crippen LogP contribution in [0.3, 0.4) is 0 Å². The number of halogens is 1. The van der Waals surface area contributed by atoms with Gasteiger partial charge >= 0.3 is 0 Å². The van der Waals surface area contributed by atoms with E-state index in [-0.39, 0.29) is 17.5 Å². The molecule has 0 atom stereocenters. The maximum Gasteiger partial charge on any atom is 0.247 e. The highest BCUT2D eigenvalue weighted by Crippen LogP contribution is 2.27. The van der Waals surface area contributed by atoms with Crippen LogP contribution in [0.15, 0.2) is 57.8 Å². The van der Waals surface area contributed by atoms with Gasteiger partial charge in [-0.1, -0.05) is 12.1 Å². The molecule has 0 bridgehead atoms. The lowest BCUT2D eigenvalue weighted by Gasteiger charge is -2.09. The van der Waals surface area contributed by atoms with Crippen molar-refractivity contribution in [2.75, 3.05) is 11.1 Å². The van der Waals surface area contributed by atoms with Crippen LogP contribution < -0.4 is 11.1 Å². The number of nitrogens with zero attached hydrogens (tertiary/aromatic N) is 2. The van der Waals surface area contributed by atoms with E-state index in [1.54, 1.807) is 12.1 Å². The molecule has 2 aromatic carbocycles. The van der Waals surface area contributed by atoms with Crippen LogP contribution in [-0.2, 0) is 11.3 Å². The van der Waals surface area contributed by atoms with Crippen LogP contribution in [0, 0.1) is 5.82 Å². The summed E-state index contributed by atoms with van der Waals surface area (Å²) in [5.41, 5.74) is 6.68. The van der Waals surface area contributed by atoms with Crippen molar-refractivity contribution in [2.24, 2.45) is 5.73 Å². The van der Waals surface area contributed by atoms with Gasteiger partial charge in [0, 0.05) is 16.1 Å². The first-order valence-corrected chi connectivity index (χ1v) is 8.43. The molecule has 0 spiro atoms. The first kappa shape index (κ1) is 17.0. The van der Waals surface area contributed by atoms with Gasteiger partial charge in [-0.05, 0) is 36.4 Å². The van der Waals surface area contributed by atoms with E-state index >= 15 is 0 Å². The van der Waals surface area contributed by atoms with E-state index in [1.807, 2.05) is 24.3 Å². The second kappa shape index (κ2) is 7.80. The van der Waals surface area contributed by atoms with Gasteiger partial charge in [0.15, 0.2) is 0 Å². The number of amides is 1. The average molecular weight is 358 g/mol. The number of hydrogen-bond acceptors (Lipinski definition) is 6. The maximum absolute atomic E-state index is 13.0. The Morgan fingerprint density at radius 1 is 1.16 bits per heavy atom. The van der Waals surface area contributed by atoms with Crippen molar-refractivity contribution in [3.05, 3.63) is 60.2 Å². The molecule has 8 heteroatoms. The van der Waals surface area contributed by atoms with Crippen molar-refractivity contribution in [1.82, 2.24) is 10.2 Å². The molecule has 0 saturated heterocycles. The number of para-hydroxylation sites is 1. The largest absolute Gasteiger partial charge is 0.419 e. The van der Waals surface area contributed by atoms with Gasteiger partial charge in [-0.15, -0.1) is 22.0 Å². The number of primary amides is 1. The number of rotatable bonds is 7. The van der Waals surface area contributed by atoms with Gasteiger partial charge in [0.1, 0.15) is 5.82 Å². The zero-order valence-corrected chi connectivity index (χ0v) is 13.9. The lowest BCUT2D eigenvalue weighted by atomic mass is 10.2. The third kappa shape index (κ3) is 4.57. The highest BCUT2D eigenvalue weighted by atomic mass is 32.2. The number of carbonyl (C=O) groups is 1. The summed E-state index contributed by atoms with van der Waals surface area (Å²) >= 11 is 1.35. The molecular weight excluding hydrogens is 343 g/mol. The van der Waals surface area contributed by atoms with Gasteiger partial charge in [-0.25, -0.2) is 4.39 Å². The number of benzene rings is 2. The number of nitrogens with one attached hydrogen (secondary N) is 1. The molecule has 0 saturated carbocycles. The van der Waals surface area contributed by atoms with E-state index in [4.69, 9.17) is 10.2 Å². The molecule has 3 N–H and O–H groups in total. The Morgan fingerprint density at radius 2 is 1.92 bits per heavy atom. The van der Waals surface area contributed by atoms with Gasteiger partial charge in [0.25, 0.3) is 0 Å². The molecule has 0 radical (unpaired) electrons. The third-order valence-corrected chi connectivity index (χ3v) is 4.34. The molecule has 3 aromatic rings. The Hall–Kier alpha value is -2.87. The second-order valence-electron chi connectivity index (χ2n) is 5.11. The lowest BCUT2D eigenvalue weighted by Crippen LogP contribution is -2.13. The minimum absolute atomic E-state index is 0.202. The molecule has 0 aliphatic carbocycles. The van der Waals surface area contributed by atoms with Gasteiger partial charge in [0.2, 0.25) is 17.7 Å². The summed E-state index contributed by atoms with van der Waals surface area (Å²) in [5.74, 6) is 0.228. The second-order valence-corrected chi connectivity index (χ2v) is 6.13. The Balaban J connectivity index is 1.66. The van der Waals surface area contributed by atoms with Crippen LogP contribution in [0.5, 0.6) is 0 Å². The first-order valence-electron chi connectivity index (χ1n) is 7.44. The van der Waals surface area contributed by atoms with Gasteiger partial charge in [-0.2, -0.15) is 0 Å². The lowest BCUT2D eigenvalue weighted by molar-refractivity contribution is -0.115. The fraction of sp³-hybridized carbons (Fsp3) is 0.118. The summed E-state index contributed by atoms with van der Waals surface area (Å²) < 4.78 is 18.5. The zero-order chi connectivity index (χ0) is 17.6. The van der Waals surface area contributed by atoms with Crippen molar-refractivity contribution in [2.45, 2.75) is 11.4 Å². The van der Waals surface area contributed by atoms with Crippen LogP contribution in [0.1, 0.15) is 5.89 Å². The van der Waals surface area contributed by atoms with E-state index < -0.39 is 0 Å². The summed E-state index contributed by atoms with van der Waals surface area (Å²) in [5, 5.41) is 11.1. The van der Waals surface area contributed by atoms with E-state index in [1.165, 1.54) is 23.9 Å². The minimum atomic E-state index is -0.374. The normalized spacial score (nSPS) is 10.6. The summed E-state index contributed by atoms with van der Waals surface area (Å²) in [6, 6.07) is 13.4. The smallest absolute Gasteiger partial charge is 0.247 e. The molecule has 3 rings (SSSR count). The Bertz CT molecular complexity index is 867. The van der Waals surface area contributed by atoms with Gasteiger partial charge in [0.05, 0.1) is 12.3 Å². The van der Waals surface area contributed by atoms with Gasteiger partial charge < -0.3 is 15.5 Å². The minimum Gasteiger partial charge on any atom is -0.419 e. The van der Waals surface area contributed by atoms with Crippen molar-refractivity contribution < 1.29 is 13.6 Å². The average Bonchev–Trinajstić information content (AvgIpc) is 3.08. The molecule has 0 unspecified atom stereocenters. The predicted octanol–water partition coefficient (Wildman–Crippen LogP) is 3.07. The summed E-state index contributed by atoms with van der Waals surface area (Å²) in [7, 11) is 0. The standard InChI is InChI=1S/C17H15FN4O2S/c18-12-7-5-11(6-8-12)17-22-21-16(24-17)9-20-13-3-1-2-4-14(13)25-10-15(19)23/h1-8,20H,9-10H2,(H2,19,23). The van der Waals surface area contributed by atoms with Crippen LogP contribution in [0.25, 0.3) is 11.5 Å². The van der Waals surface area contributed by atoms with Crippen LogP contribution in [0.4, 0.5) is 10.1 Å². The predicted molar refractivity (Wildman–Crippen MR) is 93.4 cm³/mol. The summed E-state index contributed by atoms with van der Waals surface area (Å²) in [6.07, 6.45) is 0. The highest BCUT2D eigenvalue weighted by molar-refractivity contribution is 8.00. The molecule has 25 heavy (non-hydrogen) atoms. The molecule has 128 valence electrons. The topological polar surface area (TPSA) is 94.0 Å². The van der Waals surface area contributed by atoms with E-state index in [2.05, 4.69) is 15.5 Å². The monoisotopic (exact) mass is 358 g/mol. The number of anilines is 1. The Kier molecular flexibility index (Phi) is 5.30. The summed E-state index contributed by atoms with van der Waals surface area (Å²) in [6.45, 7) is 0.322. The zero-order valence-electron chi connectivity index (χ0n) is 13.1. The number of hydrogen-bond donors (Lipinski definition) is 2. The summed E-state index contributed by atoms with van der Waals surface area (Å²) in [4.78, 5) is 11.8. The fourth-order valence-corrected chi connectivity index (χ4v) is 2.86. The molecule has 0 aliphatic rings. The molecule has 6 nitrogen and oxygen atoms in total. The molecular formula is C17H15FN4O2S. The van der Waals surface area contributed by atoms with Gasteiger partial charge in [-0.3, -0.25) is 4.79 Å². The molecule has 1 heterocycles. The van der Waals surface area contributed by atoms with Crippen molar-refractivity contribution >= 4 is 23.4 Å². The van der Waals surface area contributed by atoms with Crippen molar-refractivity contribution in [3.8, 4) is 11.5 Å². The molecule has 0 fully saturated rings. The van der Waals surface area contributed by atoms with Crippen LogP contribution in [-0.4, -0.2) is 21.9 Å². The molecule has 1 aromatic heterocycles. The number of thioether (sulfide) groups is 1. The maximum atomic E-state index is 13.0. The number of carbonyl (C=O) groups excluding carboxylic acids is 1.